The summed E-state index contributed by atoms with van der Waals surface area (Å²) >= 11 is 1.39. The SMILES string of the molecule is NC(=O)CSCCC(=O)Nc1cccc2c1CCCC2. The monoisotopic (exact) mass is 292 g/mol. The summed E-state index contributed by atoms with van der Waals surface area (Å²) in [5.41, 5.74) is 8.65. The molecule has 0 saturated heterocycles. The molecule has 1 aliphatic carbocycles. The van der Waals surface area contributed by atoms with Crippen LogP contribution in [-0.4, -0.2) is 23.3 Å². The summed E-state index contributed by atoms with van der Waals surface area (Å²) in [7, 11) is 0. The highest BCUT2D eigenvalue weighted by atomic mass is 32.2. The second-order valence-electron chi connectivity index (χ2n) is 4.97. The Morgan fingerprint density at radius 2 is 2.05 bits per heavy atom. The van der Waals surface area contributed by atoms with Gasteiger partial charge in [0.2, 0.25) is 11.8 Å². The van der Waals surface area contributed by atoms with E-state index in [2.05, 4.69) is 11.4 Å². The van der Waals surface area contributed by atoms with Crippen molar-refractivity contribution in [1.82, 2.24) is 0 Å². The minimum absolute atomic E-state index is 0.000874. The number of primary amides is 1. The molecule has 1 aliphatic rings. The molecule has 5 heteroatoms. The Labute approximate surface area is 123 Å². The number of hydrogen-bond donors (Lipinski definition) is 2. The van der Waals surface area contributed by atoms with Gasteiger partial charge in [0.25, 0.3) is 0 Å². The number of anilines is 1. The quantitative estimate of drug-likeness (QED) is 0.789. The zero-order valence-electron chi connectivity index (χ0n) is 11.5. The molecule has 2 amide bonds. The van der Waals surface area contributed by atoms with E-state index < -0.39 is 0 Å². The lowest BCUT2D eigenvalue weighted by Crippen LogP contribution is -2.17. The largest absolute Gasteiger partial charge is 0.369 e. The van der Waals surface area contributed by atoms with Crippen LogP contribution in [0.15, 0.2) is 18.2 Å². The van der Waals surface area contributed by atoms with Gasteiger partial charge in [-0.05, 0) is 42.9 Å². The van der Waals surface area contributed by atoms with Gasteiger partial charge in [-0.25, -0.2) is 0 Å². The molecule has 20 heavy (non-hydrogen) atoms. The molecular formula is C15H20N2O2S. The van der Waals surface area contributed by atoms with Crippen LogP contribution in [0.4, 0.5) is 5.69 Å². The third-order valence-corrected chi connectivity index (χ3v) is 4.37. The molecular weight excluding hydrogens is 272 g/mol. The minimum Gasteiger partial charge on any atom is -0.369 e. The first-order valence-corrected chi connectivity index (χ1v) is 8.09. The molecule has 0 fully saturated rings. The van der Waals surface area contributed by atoms with Gasteiger partial charge in [-0.15, -0.1) is 0 Å². The van der Waals surface area contributed by atoms with Gasteiger partial charge < -0.3 is 11.1 Å². The maximum atomic E-state index is 11.9. The first kappa shape index (κ1) is 14.9. The lowest BCUT2D eigenvalue weighted by molar-refractivity contribution is -0.116. The second-order valence-corrected chi connectivity index (χ2v) is 6.07. The van der Waals surface area contributed by atoms with Crippen molar-refractivity contribution in [3.8, 4) is 0 Å². The molecule has 0 aromatic heterocycles. The van der Waals surface area contributed by atoms with Gasteiger partial charge >= 0.3 is 0 Å². The number of fused-ring (bicyclic) bond motifs is 1. The lowest BCUT2D eigenvalue weighted by atomic mass is 9.90. The standard InChI is InChI=1S/C15H20N2O2S/c16-14(18)10-20-9-8-15(19)17-13-7-3-5-11-4-1-2-6-12(11)13/h3,5,7H,1-2,4,6,8-10H2,(H2,16,18)(H,17,19). The van der Waals surface area contributed by atoms with Gasteiger partial charge in [-0.3, -0.25) is 9.59 Å². The predicted octanol–water partition coefficient (Wildman–Crippen LogP) is 2.11. The Balaban J connectivity index is 1.86. The molecule has 1 aromatic rings. The first-order chi connectivity index (χ1) is 9.66. The van der Waals surface area contributed by atoms with E-state index >= 15 is 0 Å². The van der Waals surface area contributed by atoms with Crippen LogP contribution >= 0.6 is 11.8 Å². The van der Waals surface area contributed by atoms with Crippen molar-refractivity contribution in [2.75, 3.05) is 16.8 Å². The van der Waals surface area contributed by atoms with Gasteiger partial charge in [0, 0.05) is 17.9 Å². The third-order valence-electron chi connectivity index (χ3n) is 3.39. The van der Waals surface area contributed by atoms with Gasteiger partial charge in [-0.1, -0.05) is 12.1 Å². The average Bonchev–Trinajstić information content (AvgIpc) is 2.44. The van der Waals surface area contributed by atoms with Crippen LogP contribution in [0.2, 0.25) is 0 Å². The fourth-order valence-electron chi connectivity index (χ4n) is 2.45. The Bertz CT molecular complexity index is 503. The van der Waals surface area contributed by atoms with Gasteiger partial charge in [0.15, 0.2) is 0 Å². The number of amides is 2. The second kappa shape index (κ2) is 7.33. The molecule has 0 saturated carbocycles. The van der Waals surface area contributed by atoms with Gasteiger partial charge in [0.1, 0.15) is 0 Å². The number of carbonyl (C=O) groups excluding carboxylic acids is 2. The minimum atomic E-state index is -0.340. The van der Waals surface area contributed by atoms with Gasteiger partial charge in [-0.2, -0.15) is 11.8 Å². The van der Waals surface area contributed by atoms with E-state index in [-0.39, 0.29) is 17.6 Å². The van der Waals surface area contributed by atoms with E-state index in [1.807, 2.05) is 12.1 Å². The van der Waals surface area contributed by atoms with Gasteiger partial charge in [0.05, 0.1) is 5.75 Å². The van der Waals surface area contributed by atoms with E-state index in [1.165, 1.54) is 35.7 Å². The summed E-state index contributed by atoms with van der Waals surface area (Å²) in [5, 5.41) is 2.99. The van der Waals surface area contributed by atoms with Crippen LogP contribution in [-0.2, 0) is 22.4 Å². The highest BCUT2D eigenvalue weighted by molar-refractivity contribution is 7.99. The van der Waals surface area contributed by atoms with E-state index in [0.717, 1.165) is 18.5 Å². The molecule has 0 aliphatic heterocycles. The molecule has 0 unspecified atom stereocenters. The Morgan fingerprint density at radius 1 is 1.25 bits per heavy atom. The summed E-state index contributed by atoms with van der Waals surface area (Å²) in [5.74, 6) is 0.547. The number of nitrogens with one attached hydrogen (secondary N) is 1. The van der Waals surface area contributed by atoms with Crippen LogP contribution in [0.1, 0.15) is 30.4 Å². The fourth-order valence-corrected chi connectivity index (χ4v) is 3.12. The molecule has 0 bridgehead atoms. The van der Waals surface area contributed by atoms with Crippen molar-refractivity contribution in [3.63, 3.8) is 0 Å². The van der Waals surface area contributed by atoms with E-state index in [0.29, 0.717) is 12.2 Å². The molecule has 108 valence electrons. The zero-order valence-corrected chi connectivity index (χ0v) is 12.3. The Kier molecular flexibility index (Phi) is 5.47. The fraction of sp³-hybridized carbons (Fsp3) is 0.467. The maximum Gasteiger partial charge on any atom is 0.227 e. The molecule has 0 heterocycles. The average molecular weight is 292 g/mol. The van der Waals surface area contributed by atoms with E-state index in [9.17, 15) is 9.59 Å². The van der Waals surface area contributed by atoms with Crippen LogP contribution in [0.3, 0.4) is 0 Å². The molecule has 0 atom stereocenters. The van der Waals surface area contributed by atoms with Crippen molar-refractivity contribution >= 4 is 29.3 Å². The summed E-state index contributed by atoms with van der Waals surface area (Å²) in [6, 6.07) is 6.12. The molecule has 1 aromatic carbocycles. The number of carbonyl (C=O) groups is 2. The molecule has 2 rings (SSSR count). The van der Waals surface area contributed by atoms with Crippen molar-refractivity contribution in [2.24, 2.45) is 5.73 Å². The molecule has 0 radical (unpaired) electrons. The smallest absolute Gasteiger partial charge is 0.227 e. The third kappa shape index (κ3) is 4.27. The van der Waals surface area contributed by atoms with Crippen LogP contribution < -0.4 is 11.1 Å². The van der Waals surface area contributed by atoms with Crippen LogP contribution in [0.5, 0.6) is 0 Å². The number of nitrogens with two attached hydrogens (primary N) is 1. The normalized spacial score (nSPS) is 13.6. The topological polar surface area (TPSA) is 72.2 Å². The number of benzene rings is 1. The number of hydrogen-bond acceptors (Lipinski definition) is 3. The van der Waals surface area contributed by atoms with Crippen LogP contribution in [0, 0.1) is 0 Å². The summed E-state index contributed by atoms with van der Waals surface area (Å²) in [6.07, 6.45) is 4.97. The highest BCUT2D eigenvalue weighted by Crippen LogP contribution is 2.27. The summed E-state index contributed by atoms with van der Waals surface area (Å²) in [4.78, 5) is 22.5. The van der Waals surface area contributed by atoms with Crippen molar-refractivity contribution in [1.29, 1.82) is 0 Å². The molecule has 3 N–H and O–H groups in total. The van der Waals surface area contributed by atoms with E-state index in [1.54, 1.807) is 0 Å². The summed E-state index contributed by atoms with van der Waals surface area (Å²) < 4.78 is 0. The highest BCUT2D eigenvalue weighted by Gasteiger charge is 2.14. The number of thioether (sulfide) groups is 1. The summed E-state index contributed by atoms with van der Waals surface area (Å²) in [6.45, 7) is 0. The predicted molar refractivity (Wildman–Crippen MR) is 82.9 cm³/mol. The van der Waals surface area contributed by atoms with Crippen molar-refractivity contribution < 1.29 is 9.59 Å². The maximum absolute atomic E-state index is 11.9. The molecule has 4 nitrogen and oxygen atoms in total. The van der Waals surface area contributed by atoms with Crippen LogP contribution in [0.25, 0.3) is 0 Å². The zero-order chi connectivity index (χ0) is 14.4. The Hall–Kier alpha value is -1.49. The van der Waals surface area contributed by atoms with Crippen molar-refractivity contribution in [2.45, 2.75) is 32.1 Å². The number of aryl methyl sites for hydroxylation is 1. The first-order valence-electron chi connectivity index (χ1n) is 6.93. The number of rotatable bonds is 6. The van der Waals surface area contributed by atoms with Crippen molar-refractivity contribution in [3.05, 3.63) is 29.3 Å². The Morgan fingerprint density at radius 3 is 2.85 bits per heavy atom. The molecule has 0 spiro atoms. The lowest BCUT2D eigenvalue weighted by Gasteiger charge is -2.19. The van der Waals surface area contributed by atoms with E-state index in [4.69, 9.17) is 5.73 Å².